The minimum atomic E-state index is 0.597. The third-order valence-electron chi connectivity index (χ3n) is 4.28. The van der Waals surface area contributed by atoms with Crippen LogP contribution in [0.3, 0.4) is 0 Å². The number of thiophene rings is 1. The molecule has 0 aliphatic heterocycles. The van der Waals surface area contributed by atoms with Crippen LogP contribution in [-0.2, 0) is 0 Å². The van der Waals surface area contributed by atoms with Crippen molar-refractivity contribution < 1.29 is 0 Å². The molecule has 0 amide bonds. The van der Waals surface area contributed by atoms with Crippen molar-refractivity contribution in [1.82, 2.24) is 5.32 Å². The van der Waals surface area contributed by atoms with Crippen molar-refractivity contribution >= 4 is 11.3 Å². The number of nitrogens with one attached hydrogen (secondary N) is 1. The molecule has 0 aromatic carbocycles. The molecule has 2 rings (SSSR count). The molecule has 0 spiro atoms. The minimum absolute atomic E-state index is 0.597. The van der Waals surface area contributed by atoms with Gasteiger partial charge in [0.2, 0.25) is 0 Å². The van der Waals surface area contributed by atoms with Crippen LogP contribution in [0.15, 0.2) is 11.4 Å². The van der Waals surface area contributed by atoms with Gasteiger partial charge in [-0.3, -0.25) is 0 Å². The normalized spacial score (nSPS) is 20.3. The number of aryl methyl sites for hydroxylation is 1. The van der Waals surface area contributed by atoms with Crippen molar-refractivity contribution in [2.75, 3.05) is 6.54 Å². The second kappa shape index (κ2) is 7.30. The molecule has 0 bridgehead atoms. The van der Waals surface area contributed by atoms with Gasteiger partial charge in [0.25, 0.3) is 0 Å². The largest absolute Gasteiger partial charge is 0.310 e. The van der Waals surface area contributed by atoms with Crippen molar-refractivity contribution in [3.8, 4) is 0 Å². The fourth-order valence-corrected chi connectivity index (χ4v) is 4.04. The molecule has 1 fully saturated rings. The summed E-state index contributed by atoms with van der Waals surface area (Å²) in [5, 5.41) is 6.00. The maximum absolute atomic E-state index is 3.75. The van der Waals surface area contributed by atoms with Gasteiger partial charge in [-0.25, -0.2) is 0 Å². The predicted octanol–water partition coefficient (Wildman–Crippen LogP) is 5.07. The molecule has 1 aliphatic rings. The van der Waals surface area contributed by atoms with E-state index in [1.54, 1.807) is 5.56 Å². The third-order valence-corrected chi connectivity index (χ3v) is 5.14. The van der Waals surface area contributed by atoms with E-state index in [1.807, 2.05) is 11.3 Å². The quantitative estimate of drug-likeness (QED) is 0.801. The average molecular weight is 265 g/mol. The zero-order valence-electron chi connectivity index (χ0n) is 11.9. The van der Waals surface area contributed by atoms with Gasteiger partial charge in [-0.2, -0.15) is 0 Å². The Morgan fingerprint density at radius 2 is 1.89 bits per heavy atom. The van der Waals surface area contributed by atoms with E-state index in [4.69, 9.17) is 0 Å². The van der Waals surface area contributed by atoms with Gasteiger partial charge in [-0.05, 0) is 49.2 Å². The highest BCUT2D eigenvalue weighted by molar-refractivity contribution is 7.10. The standard InChI is InChI=1S/C16H27NS/c1-3-17-16(15-11-12-18-13(15)2)14-9-7-5-4-6-8-10-14/h11-12,14,16-17H,3-10H2,1-2H3. The summed E-state index contributed by atoms with van der Waals surface area (Å²) in [4.78, 5) is 1.50. The molecular formula is C16H27NS. The van der Waals surface area contributed by atoms with Crippen LogP contribution in [0, 0.1) is 12.8 Å². The molecule has 2 heteroatoms. The third kappa shape index (κ3) is 3.58. The van der Waals surface area contributed by atoms with E-state index in [0.29, 0.717) is 6.04 Å². The number of hydrogen-bond donors (Lipinski definition) is 1. The molecule has 1 unspecified atom stereocenters. The van der Waals surface area contributed by atoms with Crippen LogP contribution in [-0.4, -0.2) is 6.54 Å². The molecule has 1 aromatic rings. The smallest absolute Gasteiger partial charge is 0.0359 e. The Hall–Kier alpha value is -0.340. The second-order valence-corrected chi connectivity index (χ2v) is 6.69. The number of hydrogen-bond acceptors (Lipinski definition) is 2. The Labute approximate surface area is 116 Å². The molecule has 1 atom stereocenters. The van der Waals surface area contributed by atoms with Crippen LogP contribution in [0.2, 0.25) is 0 Å². The van der Waals surface area contributed by atoms with Gasteiger partial charge in [0.1, 0.15) is 0 Å². The van der Waals surface area contributed by atoms with Gasteiger partial charge in [0, 0.05) is 10.9 Å². The Kier molecular flexibility index (Phi) is 5.71. The van der Waals surface area contributed by atoms with Crippen LogP contribution in [0.25, 0.3) is 0 Å². The Morgan fingerprint density at radius 3 is 2.44 bits per heavy atom. The zero-order valence-corrected chi connectivity index (χ0v) is 12.7. The molecule has 1 saturated carbocycles. The SMILES string of the molecule is CCNC(c1ccsc1C)C1CCCCCCC1. The lowest BCUT2D eigenvalue weighted by atomic mass is 9.83. The molecule has 1 N–H and O–H groups in total. The highest BCUT2D eigenvalue weighted by atomic mass is 32.1. The molecule has 1 aliphatic carbocycles. The monoisotopic (exact) mass is 265 g/mol. The molecule has 102 valence electrons. The zero-order chi connectivity index (χ0) is 12.8. The summed E-state index contributed by atoms with van der Waals surface area (Å²) in [6, 6.07) is 2.94. The minimum Gasteiger partial charge on any atom is -0.310 e. The Balaban J connectivity index is 2.10. The predicted molar refractivity (Wildman–Crippen MR) is 81.3 cm³/mol. The van der Waals surface area contributed by atoms with Gasteiger partial charge >= 0.3 is 0 Å². The van der Waals surface area contributed by atoms with E-state index in [1.165, 1.54) is 49.8 Å². The van der Waals surface area contributed by atoms with Crippen LogP contribution in [0.4, 0.5) is 0 Å². The van der Waals surface area contributed by atoms with Crippen LogP contribution >= 0.6 is 11.3 Å². The fourth-order valence-electron chi connectivity index (χ4n) is 3.29. The number of rotatable bonds is 4. The van der Waals surface area contributed by atoms with Crippen molar-refractivity contribution in [3.05, 3.63) is 21.9 Å². The molecular weight excluding hydrogens is 238 g/mol. The molecule has 18 heavy (non-hydrogen) atoms. The van der Waals surface area contributed by atoms with Gasteiger partial charge in [0.05, 0.1) is 0 Å². The first kappa shape index (κ1) is 14.1. The van der Waals surface area contributed by atoms with Crippen molar-refractivity contribution in [2.24, 2.45) is 5.92 Å². The van der Waals surface area contributed by atoms with Crippen LogP contribution in [0.5, 0.6) is 0 Å². The second-order valence-electron chi connectivity index (χ2n) is 5.57. The summed E-state index contributed by atoms with van der Waals surface area (Å²) < 4.78 is 0. The topological polar surface area (TPSA) is 12.0 Å². The summed E-state index contributed by atoms with van der Waals surface area (Å²) in [7, 11) is 0. The lowest BCUT2D eigenvalue weighted by Gasteiger charge is -2.29. The maximum atomic E-state index is 3.75. The van der Waals surface area contributed by atoms with Gasteiger partial charge < -0.3 is 5.32 Å². The van der Waals surface area contributed by atoms with Gasteiger partial charge in [-0.15, -0.1) is 11.3 Å². The molecule has 1 heterocycles. The molecule has 1 nitrogen and oxygen atoms in total. The van der Waals surface area contributed by atoms with Crippen molar-refractivity contribution in [3.63, 3.8) is 0 Å². The first-order valence-electron chi connectivity index (χ1n) is 7.60. The average Bonchev–Trinajstić information content (AvgIpc) is 2.73. The van der Waals surface area contributed by atoms with Crippen LogP contribution in [0.1, 0.15) is 68.4 Å². The lowest BCUT2D eigenvalue weighted by molar-refractivity contribution is 0.291. The van der Waals surface area contributed by atoms with E-state index < -0.39 is 0 Å². The van der Waals surface area contributed by atoms with E-state index in [9.17, 15) is 0 Å². The molecule has 0 saturated heterocycles. The van der Waals surface area contributed by atoms with Crippen molar-refractivity contribution in [2.45, 2.75) is 64.8 Å². The molecule has 0 radical (unpaired) electrons. The highest BCUT2D eigenvalue weighted by Gasteiger charge is 2.24. The highest BCUT2D eigenvalue weighted by Crippen LogP contribution is 2.35. The summed E-state index contributed by atoms with van der Waals surface area (Å²) in [6.07, 6.45) is 10.0. The van der Waals surface area contributed by atoms with E-state index in [-0.39, 0.29) is 0 Å². The summed E-state index contributed by atoms with van der Waals surface area (Å²) >= 11 is 1.89. The fraction of sp³-hybridized carbons (Fsp3) is 0.750. The van der Waals surface area contributed by atoms with Gasteiger partial charge in [-0.1, -0.05) is 39.0 Å². The van der Waals surface area contributed by atoms with E-state index in [2.05, 4.69) is 30.6 Å². The van der Waals surface area contributed by atoms with E-state index >= 15 is 0 Å². The Morgan fingerprint density at radius 1 is 1.22 bits per heavy atom. The summed E-state index contributed by atoms with van der Waals surface area (Å²) in [6.45, 7) is 5.58. The van der Waals surface area contributed by atoms with Crippen molar-refractivity contribution in [1.29, 1.82) is 0 Å². The lowest BCUT2D eigenvalue weighted by Crippen LogP contribution is -2.29. The first-order chi connectivity index (χ1) is 8.83. The van der Waals surface area contributed by atoms with E-state index in [0.717, 1.165) is 12.5 Å². The summed E-state index contributed by atoms with van der Waals surface area (Å²) in [5.74, 6) is 0.846. The van der Waals surface area contributed by atoms with Crippen LogP contribution < -0.4 is 5.32 Å². The van der Waals surface area contributed by atoms with Gasteiger partial charge in [0.15, 0.2) is 0 Å². The maximum Gasteiger partial charge on any atom is 0.0359 e. The Bertz CT molecular complexity index is 337. The first-order valence-corrected chi connectivity index (χ1v) is 8.48. The summed E-state index contributed by atoms with van der Waals surface area (Å²) in [5.41, 5.74) is 1.56. The molecule has 1 aromatic heterocycles.